The molecule has 0 fully saturated rings. The molecule has 0 unspecified atom stereocenters. The second kappa shape index (κ2) is 8.45. The molecule has 3 aromatic carbocycles. The number of nitro benzene ring substituents is 1. The van der Waals surface area contributed by atoms with Crippen molar-refractivity contribution in [3.63, 3.8) is 0 Å². The minimum absolute atomic E-state index is 0. The Morgan fingerprint density at radius 3 is 2.55 bits per heavy atom. The van der Waals surface area contributed by atoms with Crippen LogP contribution in [-0.4, -0.2) is 52.6 Å². The van der Waals surface area contributed by atoms with E-state index in [2.05, 4.69) is 26.0 Å². The van der Waals surface area contributed by atoms with E-state index in [9.17, 15) is 28.2 Å². The van der Waals surface area contributed by atoms with Crippen LogP contribution in [0.2, 0.25) is 5.02 Å². The van der Waals surface area contributed by atoms with Crippen LogP contribution in [0.3, 0.4) is 0 Å². The zero-order valence-corrected chi connectivity index (χ0v) is 19.1. The molecule has 1 aliphatic rings. The van der Waals surface area contributed by atoms with Crippen LogP contribution in [0, 0.1) is 10.1 Å². The van der Waals surface area contributed by atoms with Crippen molar-refractivity contribution in [3.8, 4) is 5.75 Å². The topological polar surface area (TPSA) is 179 Å². The fraction of sp³-hybridized carbons (Fsp3) is 0. The van der Waals surface area contributed by atoms with Crippen LogP contribution < -0.4 is 5.43 Å². The minimum Gasteiger partial charge on any atom is -0.504 e. The summed E-state index contributed by atoms with van der Waals surface area (Å²) in [5, 5.41) is 36.5. The van der Waals surface area contributed by atoms with Crippen molar-refractivity contribution in [2.75, 3.05) is 5.43 Å². The molecule has 0 amide bonds. The SMILES string of the molecule is O=[N+]([O-])c1cc(Cl)c(O)c(N=Nc2cc(S(=O)(=O)O)c3cccc4c3c2N=NN4)c1.[Na]. The Morgan fingerprint density at radius 2 is 1.87 bits per heavy atom. The molecule has 3 aromatic rings. The van der Waals surface area contributed by atoms with Crippen LogP contribution in [0.4, 0.5) is 28.4 Å². The first-order valence-corrected chi connectivity index (χ1v) is 9.81. The van der Waals surface area contributed by atoms with E-state index >= 15 is 0 Å². The summed E-state index contributed by atoms with van der Waals surface area (Å²) in [4.78, 5) is 9.83. The van der Waals surface area contributed by atoms with E-state index in [0.29, 0.717) is 11.1 Å². The van der Waals surface area contributed by atoms with Crippen molar-refractivity contribution in [2.45, 2.75) is 4.90 Å². The van der Waals surface area contributed by atoms with Crippen LogP contribution >= 0.6 is 11.6 Å². The standard InChI is InChI=1S/C16H9ClN6O6S.Na/c17-9-4-7(23(25)26)5-12(16(9)24)19-18-11-6-13(30(27,28)29)8-2-1-3-10-14(8)15(11)21-22-20-10;/h1-6,24H,(H,20,21)(H,27,28,29);. The Hall–Kier alpha value is -2.68. The Labute approximate surface area is 200 Å². The number of hydrogen-bond donors (Lipinski definition) is 3. The molecule has 1 aliphatic heterocycles. The predicted octanol–water partition coefficient (Wildman–Crippen LogP) is 4.81. The average Bonchev–Trinajstić information content (AvgIpc) is 2.69. The molecule has 3 N–H and O–H groups in total. The maximum atomic E-state index is 11.9. The largest absolute Gasteiger partial charge is 0.504 e. The summed E-state index contributed by atoms with van der Waals surface area (Å²) < 4.78 is 33.4. The van der Waals surface area contributed by atoms with Gasteiger partial charge in [-0.3, -0.25) is 20.1 Å². The maximum absolute atomic E-state index is 11.9. The summed E-state index contributed by atoms with van der Waals surface area (Å²) in [6, 6.07) is 7.56. The predicted molar refractivity (Wildman–Crippen MR) is 112 cm³/mol. The molecule has 0 aromatic heterocycles. The van der Waals surface area contributed by atoms with Gasteiger partial charge in [-0.2, -0.15) is 8.42 Å². The molecule has 0 saturated heterocycles. The van der Waals surface area contributed by atoms with E-state index in [4.69, 9.17) is 11.6 Å². The first-order valence-electron chi connectivity index (χ1n) is 7.99. The molecule has 0 bridgehead atoms. The second-order valence-electron chi connectivity index (χ2n) is 6.01. The molecule has 12 nitrogen and oxygen atoms in total. The van der Waals surface area contributed by atoms with E-state index in [1.807, 2.05) is 0 Å². The zero-order chi connectivity index (χ0) is 21.6. The monoisotopic (exact) mass is 471 g/mol. The number of nitrogens with one attached hydrogen (secondary N) is 1. The van der Waals surface area contributed by atoms with Gasteiger partial charge in [0, 0.05) is 52.5 Å². The molecule has 1 radical (unpaired) electrons. The quantitative estimate of drug-likeness (QED) is 0.160. The van der Waals surface area contributed by atoms with E-state index in [-0.39, 0.29) is 57.0 Å². The van der Waals surface area contributed by atoms with Gasteiger partial charge in [0.05, 0.1) is 15.6 Å². The number of nitrogens with zero attached hydrogens (tertiary/aromatic N) is 5. The molecular formula is C16H9ClN6NaO6S. The normalized spacial score (nSPS) is 12.6. The van der Waals surface area contributed by atoms with Gasteiger partial charge in [-0.1, -0.05) is 29.0 Å². The third-order valence-corrected chi connectivity index (χ3v) is 5.36. The van der Waals surface area contributed by atoms with Crippen LogP contribution in [-0.2, 0) is 10.1 Å². The third kappa shape index (κ3) is 4.23. The number of benzene rings is 3. The van der Waals surface area contributed by atoms with Crippen molar-refractivity contribution < 1.29 is 23.0 Å². The number of hydrogen-bond acceptors (Lipinski definition) is 10. The third-order valence-electron chi connectivity index (χ3n) is 4.18. The van der Waals surface area contributed by atoms with Gasteiger partial charge >= 0.3 is 0 Å². The number of aromatic hydroxyl groups is 1. The van der Waals surface area contributed by atoms with Crippen LogP contribution in [0.5, 0.6) is 5.75 Å². The molecule has 1 heterocycles. The molecule has 0 aliphatic carbocycles. The van der Waals surface area contributed by atoms with Crippen LogP contribution in [0.15, 0.2) is 61.9 Å². The number of phenols is 1. The summed E-state index contributed by atoms with van der Waals surface area (Å²) in [5.41, 5.74) is 2.31. The van der Waals surface area contributed by atoms with Gasteiger partial charge in [0.25, 0.3) is 15.8 Å². The first-order chi connectivity index (χ1) is 14.2. The van der Waals surface area contributed by atoms with Crippen LogP contribution in [0.25, 0.3) is 10.8 Å². The van der Waals surface area contributed by atoms with Gasteiger partial charge < -0.3 is 5.11 Å². The van der Waals surface area contributed by atoms with E-state index in [1.165, 1.54) is 6.07 Å². The van der Waals surface area contributed by atoms with Gasteiger partial charge in [0.15, 0.2) is 5.75 Å². The molecule has 0 spiro atoms. The minimum atomic E-state index is -4.65. The molecule has 4 rings (SSSR count). The number of halogens is 1. The fourth-order valence-electron chi connectivity index (χ4n) is 2.88. The van der Waals surface area contributed by atoms with Crippen molar-refractivity contribution in [2.24, 2.45) is 20.6 Å². The second-order valence-corrected chi connectivity index (χ2v) is 7.81. The fourth-order valence-corrected chi connectivity index (χ4v) is 3.80. The van der Waals surface area contributed by atoms with E-state index < -0.39 is 31.4 Å². The van der Waals surface area contributed by atoms with E-state index in [0.717, 1.165) is 18.2 Å². The Bertz CT molecular complexity index is 1410. The Balaban J connectivity index is 0.00000272. The average molecular weight is 472 g/mol. The molecule has 15 heteroatoms. The summed E-state index contributed by atoms with van der Waals surface area (Å²) in [7, 11) is -4.65. The van der Waals surface area contributed by atoms with E-state index in [1.54, 1.807) is 12.1 Å². The molecular weight excluding hydrogens is 463 g/mol. The summed E-state index contributed by atoms with van der Waals surface area (Å²) >= 11 is 5.79. The van der Waals surface area contributed by atoms with Gasteiger partial charge in [-0.05, 0) is 12.1 Å². The number of azo groups is 1. The Kier molecular flexibility index (Phi) is 6.27. The molecule has 0 atom stereocenters. The van der Waals surface area contributed by atoms with Gasteiger partial charge in [-0.15, -0.1) is 15.3 Å². The number of anilines is 1. The van der Waals surface area contributed by atoms with Crippen LogP contribution in [0.1, 0.15) is 0 Å². The van der Waals surface area contributed by atoms with Gasteiger partial charge in [0.2, 0.25) is 0 Å². The first kappa shape index (κ1) is 23.0. The van der Waals surface area contributed by atoms with Gasteiger partial charge in [0.1, 0.15) is 22.0 Å². The molecule has 153 valence electrons. The number of rotatable bonds is 4. The summed E-state index contributed by atoms with van der Waals surface area (Å²) in [6.07, 6.45) is 0. The maximum Gasteiger partial charge on any atom is 0.295 e. The summed E-state index contributed by atoms with van der Waals surface area (Å²) in [5.74, 6) is -0.556. The smallest absolute Gasteiger partial charge is 0.295 e. The number of phenolic OH excluding ortho intramolecular Hbond substituents is 1. The van der Waals surface area contributed by atoms with Gasteiger partial charge in [-0.25, -0.2) is 0 Å². The summed E-state index contributed by atoms with van der Waals surface area (Å²) in [6.45, 7) is 0. The number of non-ortho nitro benzene ring substituents is 1. The number of nitro groups is 1. The Morgan fingerprint density at radius 1 is 1.16 bits per heavy atom. The van der Waals surface area contributed by atoms with Crippen molar-refractivity contribution >= 4 is 90.5 Å². The molecule has 0 saturated carbocycles. The zero-order valence-electron chi connectivity index (χ0n) is 15.5. The molecule has 31 heavy (non-hydrogen) atoms. The van der Waals surface area contributed by atoms with Crippen molar-refractivity contribution in [1.82, 2.24) is 0 Å². The van der Waals surface area contributed by atoms with Crippen molar-refractivity contribution in [3.05, 3.63) is 51.5 Å². The van der Waals surface area contributed by atoms with Crippen molar-refractivity contribution in [1.29, 1.82) is 0 Å².